The van der Waals surface area contributed by atoms with Gasteiger partial charge in [-0.3, -0.25) is 9.52 Å². The molecule has 0 radical (unpaired) electrons. The van der Waals surface area contributed by atoms with Crippen LogP contribution in [0.5, 0.6) is 0 Å². The van der Waals surface area contributed by atoms with Crippen LogP contribution in [0.25, 0.3) is 0 Å². The van der Waals surface area contributed by atoms with Gasteiger partial charge in [0.05, 0.1) is 17.5 Å². The maximum atomic E-state index is 13.3. The largest absolute Gasteiger partial charge is 0.343 e. The molecule has 5 nitrogen and oxygen atoms in total. The first-order valence-electron chi connectivity index (χ1n) is 8.86. The van der Waals surface area contributed by atoms with Gasteiger partial charge >= 0.3 is 0 Å². The fourth-order valence-corrected chi connectivity index (χ4v) is 4.22. The Labute approximate surface area is 159 Å². The molecule has 0 aromatic heterocycles. The molecule has 0 bridgehead atoms. The van der Waals surface area contributed by atoms with Gasteiger partial charge in [0, 0.05) is 5.56 Å². The molecule has 0 unspecified atom stereocenters. The van der Waals surface area contributed by atoms with E-state index in [1.807, 2.05) is 0 Å². The van der Waals surface area contributed by atoms with Crippen molar-refractivity contribution in [3.05, 3.63) is 65.0 Å². The summed E-state index contributed by atoms with van der Waals surface area (Å²) in [7, 11) is -3.44. The monoisotopic (exact) mass is 390 g/mol. The van der Waals surface area contributed by atoms with Gasteiger partial charge in [-0.25, -0.2) is 12.8 Å². The van der Waals surface area contributed by atoms with Crippen LogP contribution in [-0.2, 0) is 15.6 Å². The summed E-state index contributed by atoms with van der Waals surface area (Å²) in [4.78, 5) is 12.9. The Hall–Kier alpha value is -2.41. The Balaban J connectivity index is 1.89. The van der Waals surface area contributed by atoms with Crippen LogP contribution in [-0.4, -0.2) is 20.6 Å². The quantitative estimate of drug-likeness (QED) is 0.817. The Morgan fingerprint density at radius 1 is 1.07 bits per heavy atom. The molecule has 1 amide bonds. The molecule has 3 rings (SSSR count). The van der Waals surface area contributed by atoms with Gasteiger partial charge in [0.2, 0.25) is 10.0 Å². The number of nitrogens with one attached hydrogen (secondary N) is 2. The highest BCUT2D eigenvalue weighted by Crippen LogP contribution is 2.39. The van der Waals surface area contributed by atoms with E-state index < -0.39 is 15.6 Å². The fourth-order valence-electron chi connectivity index (χ4n) is 3.60. The molecule has 7 heteroatoms. The summed E-state index contributed by atoms with van der Waals surface area (Å²) in [6.45, 7) is 1.77. The van der Waals surface area contributed by atoms with Gasteiger partial charge < -0.3 is 5.32 Å². The second-order valence-corrected chi connectivity index (χ2v) is 8.90. The minimum Gasteiger partial charge on any atom is -0.343 e. The maximum absolute atomic E-state index is 13.3. The lowest BCUT2D eigenvalue weighted by molar-refractivity contribution is 0.0898. The molecule has 2 aromatic carbocycles. The average molecular weight is 390 g/mol. The number of amides is 1. The predicted octanol–water partition coefficient (Wildman–Crippen LogP) is 3.70. The van der Waals surface area contributed by atoms with E-state index in [0.29, 0.717) is 11.3 Å². The van der Waals surface area contributed by atoms with Crippen molar-refractivity contribution in [2.75, 3.05) is 11.0 Å². The van der Waals surface area contributed by atoms with Gasteiger partial charge in [0.25, 0.3) is 5.91 Å². The summed E-state index contributed by atoms with van der Waals surface area (Å²) < 4.78 is 38.8. The Morgan fingerprint density at radius 3 is 2.30 bits per heavy atom. The van der Waals surface area contributed by atoms with Crippen molar-refractivity contribution >= 4 is 21.6 Å². The van der Waals surface area contributed by atoms with Crippen molar-refractivity contribution in [1.82, 2.24) is 5.32 Å². The number of benzene rings is 2. The Bertz CT molecular complexity index is 950. The summed E-state index contributed by atoms with van der Waals surface area (Å²) in [5.41, 5.74) is 1.84. The summed E-state index contributed by atoms with van der Waals surface area (Å²) in [5.74, 6) is -0.592. The van der Waals surface area contributed by atoms with E-state index in [0.717, 1.165) is 43.1 Å². The zero-order valence-electron chi connectivity index (χ0n) is 15.4. The molecule has 0 atom stereocenters. The van der Waals surface area contributed by atoms with Crippen LogP contribution < -0.4 is 10.0 Å². The predicted molar refractivity (Wildman–Crippen MR) is 104 cm³/mol. The van der Waals surface area contributed by atoms with E-state index in [9.17, 15) is 17.6 Å². The Kier molecular flexibility index (Phi) is 5.24. The zero-order valence-corrected chi connectivity index (χ0v) is 16.2. The Morgan fingerprint density at radius 2 is 1.70 bits per heavy atom. The van der Waals surface area contributed by atoms with Crippen molar-refractivity contribution in [3.63, 3.8) is 0 Å². The lowest BCUT2D eigenvalue weighted by atomic mass is 9.87. The summed E-state index contributed by atoms with van der Waals surface area (Å²) >= 11 is 0. The van der Waals surface area contributed by atoms with Crippen LogP contribution in [0.2, 0.25) is 0 Å². The van der Waals surface area contributed by atoms with E-state index in [-0.39, 0.29) is 11.7 Å². The number of sulfonamides is 1. The van der Waals surface area contributed by atoms with Crippen LogP contribution in [0.15, 0.2) is 42.5 Å². The minimum atomic E-state index is -3.44. The second-order valence-electron chi connectivity index (χ2n) is 7.15. The van der Waals surface area contributed by atoms with Crippen LogP contribution in [0, 0.1) is 12.7 Å². The molecule has 1 saturated carbocycles. The molecule has 1 aliphatic carbocycles. The zero-order chi connectivity index (χ0) is 19.7. The van der Waals surface area contributed by atoms with Gasteiger partial charge in [-0.1, -0.05) is 31.0 Å². The fraction of sp³-hybridized carbons (Fsp3) is 0.350. The first-order valence-corrected chi connectivity index (χ1v) is 10.7. The molecule has 144 valence electrons. The van der Waals surface area contributed by atoms with Crippen molar-refractivity contribution in [1.29, 1.82) is 0 Å². The third-order valence-electron chi connectivity index (χ3n) is 5.00. The van der Waals surface area contributed by atoms with Gasteiger partial charge in [0.15, 0.2) is 0 Å². The SMILES string of the molecule is Cc1ccc(C(=O)NC2(c3ccc(F)cc3)CCCC2)cc1NS(C)(=O)=O. The molecule has 27 heavy (non-hydrogen) atoms. The van der Waals surface area contributed by atoms with E-state index in [1.54, 1.807) is 37.3 Å². The number of hydrogen-bond donors (Lipinski definition) is 2. The molecule has 0 aliphatic heterocycles. The standard InChI is InChI=1S/C20H23FN2O3S/c1-14-5-6-15(13-18(14)23-27(2,25)26)19(24)22-20(11-3-4-12-20)16-7-9-17(21)10-8-16/h5-10,13,23H,3-4,11-12H2,1-2H3,(H,22,24). The van der Waals surface area contributed by atoms with E-state index in [4.69, 9.17) is 0 Å². The normalized spacial score (nSPS) is 16.1. The number of rotatable bonds is 5. The molecule has 2 aromatic rings. The lowest BCUT2D eigenvalue weighted by Gasteiger charge is -2.31. The number of anilines is 1. The van der Waals surface area contributed by atoms with Crippen LogP contribution in [0.3, 0.4) is 0 Å². The highest BCUT2D eigenvalue weighted by Gasteiger charge is 2.37. The first kappa shape index (κ1) is 19.4. The number of hydrogen-bond acceptors (Lipinski definition) is 3. The third-order valence-corrected chi connectivity index (χ3v) is 5.59. The highest BCUT2D eigenvalue weighted by atomic mass is 32.2. The van der Waals surface area contributed by atoms with Gasteiger partial charge in [-0.15, -0.1) is 0 Å². The number of carbonyl (C=O) groups excluding carboxylic acids is 1. The maximum Gasteiger partial charge on any atom is 0.252 e. The van der Waals surface area contributed by atoms with Crippen LogP contribution >= 0.6 is 0 Å². The van der Waals surface area contributed by atoms with Crippen molar-refractivity contribution in [2.45, 2.75) is 38.1 Å². The van der Waals surface area contributed by atoms with Gasteiger partial charge in [-0.2, -0.15) is 0 Å². The van der Waals surface area contributed by atoms with Crippen molar-refractivity contribution in [3.8, 4) is 0 Å². The topological polar surface area (TPSA) is 75.3 Å². The average Bonchev–Trinajstić information content (AvgIpc) is 3.05. The molecular formula is C20H23FN2O3S. The molecule has 0 heterocycles. The summed E-state index contributed by atoms with van der Waals surface area (Å²) in [5, 5.41) is 3.12. The van der Waals surface area contributed by atoms with E-state index in [1.165, 1.54) is 12.1 Å². The smallest absolute Gasteiger partial charge is 0.252 e. The van der Waals surface area contributed by atoms with Crippen molar-refractivity contribution in [2.24, 2.45) is 0 Å². The minimum absolute atomic E-state index is 0.280. The second kappa shape index (κ2) is 7.31. The van der Waals surface area contributed by atoms with E-state index in [2.05, 4.69) is 10.0 Å². The molecule has 0 saturated heterocycles. The van der Waals surface area contributed by atoms with Crippen LogP contribution in [0.1, 0.15) is 47.2 Å². The number of carbonyl (C=O) groups is 1. The van der Waals surface area contributed by atoms with Gasteiger partial charge in [-0.05, 0) is 55.2 Å². The number of aryl methyl sites for hydroxylation is 1. The molecule has 0 spiro atoms. The lowest BCUT2D eigenvalue weighted by Crippen LogP contribution is -2.43. The first-order chi connectivity index (χ1) is 12.7. The molecule has 1 aliphatic rings. The summed E-state index contributed by atoms with van der Waals surface area (Å²) in [6.07, 6.45) is 4.59. The molecule has 2 N–H and O–H groups in total. The highest BCUT2D eigenvalue weighted by molar-refractivity contribution is 7.92. The summed E-state index contributed by atoms with van der Waals surface area (Å²) in [6, 6.07) is 11.2. The third kappa shape index (κ3) is 4.47. The van der Waals surface area contributed by atoms with Crippen LogP contribution in [0.4, 0.5) is 10.1 Å². The molecule has 1 fully saturated rings. The van der Waals surface area contributed by atoms with Gasteiger partial charge in [0.1, 0.15) is 5.82 Å². The van der Waals surface area contributed by atoms with Crippen molar-refractivity contribution < 1.29 is 17.6 Å². The molecular weight excluding hydrogens is 367 g/mol. The number of halogens is 1. The van der Waals surface area contributed by atoms with E-state index >= 15 is 0 Å².